The van der Waals surface area contributed by atoms with E-state index in [1.165, 1.54) is 25.0 Å². The summed E-state index contributed by atoms with van der Waals surface area (Å²) in [7, 11) is 0. The number of aliphatic hydroxyl groups excluding tert-OH is 1. The molecule has 1 aromatic carbocycles. The minimum Gasteiger partial charge on any atom is -0.392 e. The van der Waals surface area contributed by atoms with Gasteiger partial charge in [0.25, 0.3) is 0 Å². The summed E-state index contributed by atoms with van der Waals surface area (Å²) < 4.78 is 28.0. The number of hydrogen-bond donors (Lipinski definition) is 1. The molecule has 0 saturated heterocycles. The second-order valence-electron chi connectivity index (χ2n) is 5.39. The minimum absolute atomic E-state index is 0.0987. The molecule has 98 valence electrons. The van der Waals surface area contributed by atoms with Crippen molar-refractivity contribution >= 4 is 5.69 Å². The summed E-state index contributed by atoms with van der Waals surface area (Å²) >= 11 is 0. The fraction of sp³-hybridized carbons (Fsp3) is 0.571. The topological polar surface area (TPSA) is 23.5 Å². The molecule has 18 heavy (non-hydrogen) atoms. The highest BCUT2D eigenvalue weighted by Crippen LogP contribution is 2.39. The van der Waals surface area contributed by atoms with E-state index in [1.807, 2.05) is 4.90 Å². The van der Waals surface area contributed by atoms with Crippen LogP contribution in [-0.4, -0.2) is 17.7 Å². The highest BCUT2D eigenvalue weighted by atomic mass is 19.1. The Labute approximate surface area is 105 Å². The Hall–Kier alpha value is -1.16. The summed E-state index contributed by atoms with van der Waals surface area (Å²) in [5.41, 5.74) is 0.387. The van der Waals surface area contributed by atoms with E-state index in [0.717, 1.165) is 19.4 Å². The molecule has 2 saturated carbocycles. The van der Waals surface area contributed by atoms with Crippen molar-refractivity contribution in [1.82, 2.24) is 0 Å². The molecule has 2 fully saturated rings. The van der Waals surface area contributed by atoms with Crippen LogP contribution in [-0.2, 0) is 6.61 Å². The van der Waals surface area contributed by atoms with Crippen molar-refractivity contribution in [3.63, 3.8) is 0 Å². The number of rotatable bonds is 5. The van der Waals surface area contributed by atoms with Gasteiger partial charge in [0.15, 0.2) is 0 Å². The van der Waals surface area contributed by atoms with E-state index in [2.05, 4.69) is 0 Å². The molecule has 0 aliphatic heterocycles. The maximum Gasteiger partial charge on any atom is 0.149 e. The molecule has 0 aromatic heterocycles. The highest BCUT2D eigenvalue weighted by Gasteiger charge is 2.36. The quantitative estimate of drug-likeness (QED) is 0.872. The largest absolute Gasteiger partial charge is 0.392 e. The Morgan fingerprint density at radius 1 is 1.11 bits per heavy atom. The van der Waals surface area contributed by atoms with Gasteiger partial charge in [-0.05, 0) is 49.3 Å². The van der Waals surface area contributed by atoms with Gasteiger partial charge in [-0.1, -0.05) is 0 Å². The second-order valence-corrected chi connectivity index (χ2v) is 5.39. The van der Waals surface area contributed by atoms with Gasteiger partial charge in [0.2, 0.25) is 0 Å². The normalized spacial score (nSPS) is 19.1. The maximum atomic E-state index is 14.0. The first-order valence-corrected chi connectivity index (χ1v) is 6.54. The molecular formula is C14H17F2NO. The average Bonchev–Trinajstić information content (AvgIpc) is 3.19. The molecular weight excluding hydrogens is 236 g/mol. The van der Waals surface area contributed by atoms with Gasteiger partial charge in [-0.15, -0.1) is 0 Å². The van der Waals surface area contributed by atoms with Gasteiger partial charge in [-0.3, -0.25) is 0 Å². The van der Waals surface area contributed by atoms with Gasteiger partial charge in [0.05, 0.1) is 6.61 Å². The summed E-state index contributed by atoms with van der Waals surface area (Å²) in [6.07, 6.45) is 4.38. The lowest BCUT2D eigenvalue weighted by Crippen LogP contribution is -2.30. The smallest absolute Gasteiger partial charge is 0.149 e. The Morgan fingerprint density at radius 3 is 2.17 bits per heavy atom. The van der Waals surface area contributed by atoms with Crippen LogP contribution in [0.3, 0.4) is 0 Å². The number of hydrogen-bond acceptors (Lipinski definition) is 2. The van der Waals surface area contributed by atoms with Gasteiger partial charge >= 0.3 is 0 Å². The molecule has 1 aromatic rings. The van der Waals surface area contributed by atoms with Crippen molar-refractivity contribution in [3.05, 3.63) is 29.3 Å². The van der Waals surface area contributed by atoms with Crippen molar-refractivity contribution in [2.45, 2.75) is 38.3 Å². The molecule has 0 radical (unpaired) electrons. The molecule has 0 atom stereocenters. The van der Waals surface area contributed by atoms with Gasteiger partial charge in [0.1, 0.15) is 17.3 Å². The lowest BCUT2D eigenvalue weighted by Gasteiger charge is -2.26. The third kappa shape index (κ3) is 2.34. The van der Waals surface area contributed by atoms with E-state index in [4.69, 9.17) is 5.11 Å². The van der Waals surface area contributed by atoms with Crippen LogP contribution in [0, 0.1) is 17.6 Å². The molecule has 2 aliphatic carbocycles. The minimum atomic E-state index is -0.549. The molecule has 2 aliphatic rings. The Bertz CT molecular complexity index is 432. The van der Waals surface area contributed by atoms with E-state index in [1.54, 1.807) is 0 Å². The molecule has 0 amide bonds. The summed E-state index contributed by atoms with van der Waals surface area (Å²) in [6.45, 7) is 0.428. The van der Waals surface area contributed by atoms with Crippen LogP contribution in [0.5, 0.6) is 0 Å². The molecule has 4 heteroatoms. The van der Waals surface area contributed by atoms with Crippen LogP contribution in [0.1, 0.15) is 31.2 Å². The zero-order chi connectivity index (χ0) is 12.7. The van der Waals surface area contributed by atoms with Crippen molar-refractivity contribution in [1.29, 1.82) is 0 Å². The Kier molecular flexibility index (Phi) is 2.98. The lowest BCUT2D eigenvalue weighted by molar-refractivity contribution is 0.280. The SMILES string of the molecule is OCc1cc(F)c(N(CC2CC2)C2CC2)c(F)c1. The first-order chi connectivity index (χ1) is 8.69. The number of benzene rings is 1. The Morgan fingerprint density at radius 2 is 1.72 bits per heavy atom. The van der Waals surface area contributed by atoms with E-state index < -0.39 is 11.6 Å². The van der Waals surface area contributed by atoms with Gasteiger partial charge in [-0.25, -0.2) is 8.78 Å². The van der Waals surface area contributed by atoms with E-state index >= 15 is 0 Å². The van der Waals surface area contributed by atoms with Crippen molar-refractivity contribution in [2.75, 3.05) is 11.4 Å². The van der Waals surface area contributed by atoms with Crippen molar-refractivity contribution in [2.24, 2.45) is 5.92 Å². The van der Waals surface area contributed by atoms with Crippen molar-refractivity contribution in [3.8, 4) is 0 Å². The Balaban J connectivity index is 1.92. The van der Waals surface area contributed by atoms with Crippen LogP contribution in [0.15, 0.2) is 12.1 Å². The molecule has 0 heterocycles. The predicted molar refractivity (Wildman–Crippen MR) is 65.4 cm³/mol. The maximum absolute atomic E-state index is 14.0. The highest BCUT2D eigenvalue weighted by molar-refractivity contribution is 5.52. The average molecular weight is 253 g/mol. The molecule has 0 unspecified atom stereocenters. The fourth-order valence-corrected chi connectivity index (χ4v) is 2.37. The van der Waals surface area contributed by atoms with E-state index in [0.29, 0.717) is 12.0 Å². The summed E-state index contributed by atoms with van der Waals surface area (Å²) in [5, 5.41) is 8.95. The molecule has 3 rings (SSSR count). The van der Waals surface area contributed by atoms with E-state index in [9.17, 15) is 8.78 Å². The monoisotopic (exact) mass is 253 g/mol. The zero-order valence-electron chi connectivity index (χ0n) is 10.2. The van der Waals surface area contributed by atoms with Gasteiger partial charge in [-0.2, -0.15) is 0 Å². The number of nitrogens with zero attached hydrogens (tertiary/aromatic N) is 1. The van der Waals surface area contributed by atoms with Crippen LogP contribution >= 0.6 is 0 Å². The fourth-order valence-electron chi connectivity index (χ4n) is 2.37. The molecule has 1 N–H and O–H groups in total. The van der Waals surface area contributed by atoms with Crippen LogP contribution in [0.4, 0.5) is 14.5 Å². The second kappa shape index (κ2) is 4.50. The van der Waals surface area contributed by atoms with Crippen LogP contribution in [0.2, 0.25) is 0 Å². The standard InChI is InChI=1S/C14H17F2NO/c15-12-5-10(8-18)6-13(16)14(12)17(11-3-4-11)7-9-1-2-9/h5-6,9,11,18H,1-4,7-8H2. The molecule has 0 spiro atoms. The molecule has 0 bridgehead atoms. The summed E-state index contributed by atoms with van der Waals surface area (Å²) in [6, 6.07) is 2.77. The summed E-state index contributed by atoms with van der Waals surface area (Å²) in [5.74, 6) is -0.500. The number of anilines is 1. The predicted octanol–water partition coefficient (Wildman–Crippen LogP) is 2.84. The van der Waals surface area contributed by atoms with Crippen LogP contribution in [0.25, 0.3) is 0 Å². The molecule has 2 nitrogen and oxygen atoms in total. The van der Waals surface area contributed by atoms with Crippen molar-refractivity contribution < 1.29 is 13.9 Å². The number of halogens is 2. The third-order valence-electron chi connectivity index (χ3n) is 3.69. The third-order valence-corrected chi connectivity index (χ3v) is 3.69. The van der Waals surface area contributed by atoms with Gasteiger partial charge in [0, 0.05) is 12.6 Å². The first-order valence-electron chi connectivity index (χ1n) is 6.54. The number of aliphatic hydroxyl groups is 1. The zero-order valence-corrected chi connectivity index (χ0v) is 10.2. The van der Waals surface area contributed by atoms with Gasteiger partial charge < -0.3 is 10.0 Å². The van der Waals surface area contributed by atoms with E-state index in [-0.39, 0.29) is 17.9 Å². The van der Waals surface area contributed by atoms with Crippen LogP contribution < -0.4 is 4.90 Å². The first kappa shape index (κ1) is 11.9. The lowest BCUT2D eigenvalue weighted by atomic mass is 10.1. The summed E-state index contributed by atoms with van der Waals surface area (Å²) in [4.78, 5) is 1.89.